The highest BCUT2D eigenvalue weighted by Gasteiger charge is 2.13. The third-order valence-corrected chi connectivity index (χ3v) is 3.17. The molecule has 1 aromatic carbocycles. The van der Waals surface area contributed by atoms with Gasteiger partial charge in [0, 0.05) is 19.5 Å². The van der Waals surface area contributed by atoms with E-state index in [0.717, 1.165) is 25.8 Å². The number of amides is 1. The molecule has 17 heavy (non-hydrogen) atoms. The van der Waals surface area contributed by atoms with Gasteiger partial charge in [-0.15, -0.1) is 11.6 Å². The summed E-state index contributed by atoms with van der Waals surface area (Å²) in [5.41, 5.74) is 0.564. The molecule has 0 aliphatic carbocycles. The number of unbranched alkanes of at least 4 members (excludes halogenated alkanes) is 2. The zero-order valence-corrected chi connectivity index (χ0v) is 11.5. The first-order chi connectivity index (χ1) is 8.16. The SMILES string of the molecule is CN(CCCCCCl)C(=O)c1ccccc1Cl. The van der Waals surface area contributed by atoms with E-state index in [4.69, 9.17) is 23.2 Å². The fourth-order valence-electron chi connectivity index (χ4n) is 1.56. The molecule has 0 aliphatic rings. The van der Waals surface area contributed by atoms with E-state index in [9.17, 15) is 4.79 Å². The third-order valence-electron chi connectivity index (χ3n) is 2.58. The van der Waals surface area contributed by atoms with Crippen molar-refractivity contribution in [1.82, 2.24) is 4.90 Å². The minimum Gasteiger partial charge on any atom is -0.342 e. The Balaban J connectivity index is 2.49. The van der Waals surface area contributed by atoms with Crippen LogP contribution >= 0.6 is 23.2 Å². The summed E-state index contributed by atoms with van der Waals surface area (Å²) in [5, 5.41) is 0.505. The molecule has 0 atom stereocenters. The van der Waals surface area contributed by atoms with Crippen LogP contribution in [0.15, 0.2) is 24.3 Å². The average molecular weight is 274 g/mol. The van der Waals surface area contributed by atoms with Crippen molar-refractivity contribution in [3.63, 3.8) is 0 Å². The van der Waals surface area contributed by atoms with Crippen molar-refractivity contribution in [1.29, 1.82) is 0 Å². The molecule has 0 saturated carbocycles. The normalized spacial score (nSPS) is 10.3. The van der Waals surface area contributed by atoms with Gasteiger partial charge in [-0.25, -0.2) is 0 Å². The Morgan fingerprint density at radius 3 is 2.59 bits per heavy atom. The number of halogens is 2. The van der Waals surface area contributed by atoms with Gasteiger partial charge in [-0.2, -0.15) is 0 Å². The number of rotatable bonds is 6. The Labute approximate surface area is 113 Å². The molecule has 0 radical (unpaired) electrons. The number of benzene rings is 1. The van der Waals surface area contributed by atoms with Gasteiger partial charge in [-0.1, -0.05) is 30.2 Å². The van der Waals surface area contributed by atoms with Gasteiger partial charge in [0.15, 0.2) is 0 Å². The first kappa shape index (κ1) is 14.3. The molecule has 0 heterocycles. The molecule has 1 aromatic rings. The molecule has 0 aromatic heterocycles. The summed E-state index contributed by atoms with van der Waals surface area (Å²) in [6.45, 7) is 0.737. The lowest BCUT2D eigenvalue weighted by molar-refractivity contribution is 0.0793. The molecule has 4 heteroatoms. The summed E-state index contributed by atoms with van der Waals surface area (Å²) >= 11 is 11.6. The number of carbonyl (C=O) groups is 1. The third kappa shape index (κ3) is 4.57. The molecule has 1 rings (SSSR count). The lowest BCUT2D eigenvalue weighted by Gasteiger charge is -2.17. The second kappa shape index (κ2) is 7.57. The molecule has 2 nitrogen and oxygen atoms in total. The van der Waals surface area contributed by atoms with Crippen molar-refractivity contribution in [2.75, 3.05) is 19.5 Å². The van der Waals surface area contributed by atoms with Crippen molar-refractivity contribution in [2.45, 2.75) is 19.3 Å². The fourth-order valence-corrected chi connectivity index (χ4v) is 1.97. The van der Waals surface area contributed by atoms with Gasteiger partial charge in [0.05, 0.1) is 10.6 Å². The van der Waals surface area contributed by atoms with E-state index >= 15 is 0 Å². The Kier molecular flexibility index (Phi) is 6.38. The zero-order valence-electron chi connectivity index (χ0n) is 9.96. The highest BCUT2D eigenvalue weighted by Crippen LogP contribution is 2.16. The van der Waals surface area contributed by atoms with Crippen molar-refractivity contribution in [2.24, 2.45) is 0 Å². The molecule has 0 saturated heterocycles. The van der Waals surface area contributed by atoms with Crippen molar-refractivity contribution in [3.8, 4) is 0 Å². The summed E-state index contributed by atoms with van der Waals surface area (Å²) in [6.07, 6.45) is 3.01. The minimum absolute atomic E-state index is 0.0264. The molecule has 0 fully saturated rings. The largest absolute Gasteiger partial charge is 0.342 e. The maximum Gasteiger partial charge on any atom is 0.255 e. The summed E-state index contributed by atoms with van der Waals surface area (Å²) in [7, 11) is 1.80. The first-order valence-corrected chi connectivity index (χ1v) is 6.64. The fraction of sp³-hybridized carbons (Fsp3) is 0.462. The predicted molar refractivity (Wildman–Crippen MR) is 73.0 cm³/mol. The number of hydrogen-bond acceptors (Lipinski definition) is 1. The van der Waals surface area contributed by atoms with E-state index in [0.29, 0.717) is 16.5 Å². The molecule has 94 valence electrons. The minimum atomic E-state index is -0.0264. The van der Waals surface area contributed by atoms with E-state index in [-0.39, 0.29) is 5.91 Å². The highest BCUT2D eigenvalue weighted by molar-refractivity contribution is 6.33. The van der Waals surface area contributed by atoms with E-state index in [1.807, 2.05) is 12.1 Å². The Morgan fingerprint density at radius 2 is 1.94 bits per heavy atom. The average Bonchev–Trinajstić information content (AvgIpc) is 2.34. The van der Waals surface area contributed by atoms with Crippen LogP contribution in [0.25, 0.3) is 0 Å². The van der Waals surface area contributed by atoms with E-state index in [1.165, 1.54) is 0 Å². The van der Waals surface area contributed by atoms with Gasteiger partial charge in [0.1, 0.15) is 0 Å². The van der Waals surface area contributed by atoms with Gasteiger partial charge in [-0.05, 0) is 25.0 Å². The number of carbonyl (C=O) groups excluding carboxylic acids is 1. The van der Waals surface area contributed by atoms with Gasteiger partial charge < -0.3 is 4.90 Å². The van der Waals surface area contributed by atoms with Crippen molar-refractivity contribution in [3.05, 3.63) is 34.9 Å². The summed E-state index contributed by atoms with van der Waals surface area (Å²) in [4.78, 5) is 13.7. The highest BCUT2D eigenvalue weighted by atomic mass is 35.5. The number of hydrogen-bond donors (Lipinski definition) is 0. The van der Waals surface area contributed by atoms with Crippen LogP contribution in [0.5, 0.6) is 0 Å². The van der Waals surface area contributed by atoms with E-state index in [2.05, 4.69) is 0 Å². The number of nitrogens with zero attached hydrogens (tertiary/aromatic N) is 1. The van der Waals surface area contributed by atoms with Gasteiger partial charge in [0.2, 0.25) is 0 Å². The summed E-state index contributed by atoms with van der Waals surface area (Å²) < 4.78 is 0. The topological polar surface area (TPSA) is 20.3 Å². The molecule has 1 amide bonds. The van der Waals surface area contributed by atoms with Crippen LogP contribution in [0.3, 0.4) is 0 Å². The summed E-state index contributed by atoms with van der Waals surface area (Å²) in [5.74, 6) is 0.656. The first-order valence-electron chi connectivity index (χ1n) is 5.72. The molecule has 0 N–H and O–H groups in total. The van der Waals surface area contributed by atoms with Crippen LogP contribution in [0, 0.1) is 0 Å². The lowest BCUT2D eigenvalue weighted by atomic mass is 10.2. The van der Waals surface area contributed by atoms with E-state index < -0.39 is 0 Å². The maximum absolute atomic E-state index is 12.0. The van der Waals surface area contributed by atoms with Gasteiger partial charge >= 0.3 is 0 Å². The molecule has 0 bridgehead atoms. The summed E-state index contributed by atoms with van der Waals surface area (Å²) in [6, 6.07) is 7.12. The van der Waals surface area contributed by atoms with E-state index in [1.54, 1.807) is 24.1 Å². The lowest BCUT2D eigenvalue weighted by Crippen LogP contribution is -2.27. The van der Waals surface area contributed by atoms with Crippen molar-refractivity contribution >= 4 is 29.1 Å². The molecular formula is C13H17Cl2NO. The molecule has 0 aliphatic heterocycles. The van der Waals surface area contributed by atoms with Gasteiger partial charge in [-0.3, -0.25) is 4.79 Å². The van der Waals surface area contributed by atoms with Crippen LogP contribution in [0.4, 0.5) is 0 Å². The van der Waals surface area contributed by atoms with Crippen LogP contribution in [-0.4, -0.2) is 30.3 Å². The van der Waals surface area contributed by atoms with Crippen molar-refractivity contribution < 1.29 is 4.79 Å². The van der Waals surface area contributed by atoms with Crippen LogP contribution in [-0.2, 0) is 0 Å². The Morgan fingerprint density at radius 1 is 1.24 bits per heavy atom. The van der Waals surface area contributed by atoms with Crippen LogP contribution < -0.4 is 0 Å². The van der Waals surface area contributed by atoms with Crippen LogP contribution in [0.1, 0.15) is 29.6 Å². The molecular weight excluding hydrogens is 257 g/mol. The second-order valence-electron chi connectivity index (χ2n) is 3.96. The van der Waals surface area contributed by atoms with Crippen LogP contribution in [0.2, 0.25) is 5.02 Å². The van der Waals surface area contributed by atoms with Gasteiger partial charge in [0.25, 0.3) is 5.91 Å². The Bertz CT molecular complexity index is 368. The maximum atomic E-state index is 12.0. The smallest absolute Gasteiger partial charge is 0.255 e. The zero-order chi connectivity index (χ0) is 12.7. The second-order valence-corrected chi connectivity index (χ2v) is 4.74. The molecule has 0 unspecified atom stereocenters. The predicted octanol–water partition coefficient (Wildman–Crippen LogP) is 3.82. The standard InChI is InChI=1S/C13H17Cl2NO/c1-16(10-6-2-5-9-14)13(17)11-7-3-4-8-12(11)15/h3-4,7-8H,2,5-6,9-10H2,1H3. The Hall–Kier alpha value is -0.730. The quantitative estimate of drug-likeness (QED) is 0.570. The number of alkyl halides is 1. The monoisotopic (exact) mass is 273 g/mol. The molecule has 0 spiro atoms.